The van der Waals surface area contributed by atoms with Gasteiger partial charge < -0.3 is 10.6 Å². The molecule has 1 heterocycles. The molecule has 12 heavy (non-hydrogen) atoms. The van der Waals surface area contributed by atoms with Gasteiger partial charge in [0.2, 0.25) is 6.41 Å². The third kappa shape index (κ3) is 22.7. The van der Waals surface area contributed by atoms with Crippen molar-refractivity contribution in [3.05, 3.63) is 0 Å². The molecule has 1 saturated heterocycles. The Morgan fingerprint density at radius 2 is 1.33 bits per heavy atom. The van der Waals surface area contributed by atoms with Gasteiger partial charge in [-0.3, -0.25) is 4.79 Å². The van der Waals surface area contributed by atoms with E-state index in [2.05, 4.69) is 17.7 Å². The second-order valence-corrected chi connectivity index (χ2v) is 1.79. The Bertz CT molecular complexity index is 63.5. The highest BCUT2D eigenvalue weighted by atomic mass is 16.1. The first-order valence-electron chi connectivity index (χ1n) is 4.65. The minimum absolute atomic E-state index is 0.250. The number of carbonyl (C=O) groups is 1. The minimum Gasteiger partial charge on any atom is -0.372 e. The lowest BCUT2D eigenvalue weighted by Crippen LogP contribution is -2.32. The summed E-state index contributed by atoms with van der Waals surface area (Å²) in [6.45, 7) is 10.6. The smallest absolute Gasteiger partial charge is 0.204 e. The van der Waals surface area contributed by atoms with Gasteiger partial charge in [-0.1, -0.05) is 27.7 Å². The summed E-state index contributed by atoms with van der Waals surface area (Å²) < 4.78 is 0. The Morgan fingerprint density at radius 1 is 1.17 bits per heavy atom. The van der Waals surface area contributed by atoms with E-state index in [4.69, 9.17) is 4.79 Å². The molecule has 1 fully saturated rings. The molecular weight excluding hydrogens is 152 g/mol. The van der Waals surface area contributed by atoms with Crippen molar-refractivity contribution in [1.82, 2.24) is 4.90 Å². The maximum Gasteiger partial charge on any atom is 0.204 e. The standard InChI is InChI=1S/C4H9N.2C2H6.CH3NO/c1-5-3-2-4-5;2*1-2;2-1-3/h2-4H2,1H3;2*1-2H3;1H,(H2,2,3). The van der Waals surface area contributed by atoms with Gasteiger partial charge in [0.05, 0.1) is 0 Å². The number of nitrogens with zero attached hydrogens (tertiary/aromatic N) is 1. The molecule has 2 N–H and O–H groups in total. The van der Waals surface area contributed by atoms with E-state index in [-0.39, 0.29) is 6.41 Å². The zero-order valence-corrected chi connectivity index (χ0v) is 9.13. The number of rotatable bonds is 0. The Morgan fingerprint density at radius 3 is 1.33 bits per heavy atom. The second-order valence-electron chi connectivity index (χ2n) is 1.79. The first-order valence-corrected chi connectivity index (χ1v) is 4.65. The van der Waals surface area contributed by atoms with Gasteiger partial charge >= 0.3 is 0 Å². The molecule has 1 amide bonds. The summed E-state index contributed by atoms with van der Waals surface area (Å²) in [4.78, 5) is 10.9. The number of carbonyl (C=O) groups excluding carboxylic acids is 1. The molecule has 0 aromatic heterocycles. The van der Waals surface area contributed by atoms with Gasteiger partial charge in [-0.25, -0.2) is 0 Å². The fourth-order valence-corrected chi connectivity index (χ4v) is 0.474. The number of amides is 1. The molecular formula is C9H24N2O. The average molecular weight is 176 g/mol. The Balaban J connectivity index is -0.000000102. The Labute approximate surface area is 76.9 Å². The third-order valence-electron chi connectivity index (χ3n) is 1.08. The van der Waals surface area contributed by atoms with Crippen LogP contribution in [0, 0.1) is 0 Å². The van der Waals surface area contributed by atoms with Crippen LogP contribution in [0.1, 0.15) is 34.1 Å². The van der Waals surface area contributed by atoms with Crippen LogP contribution in [0.3, 0.4) is 0 Å². The molecule has 0 atom stereocenters. The summed E-state index contributed by atoms with van der Waals surface area (Å²) >= 11 is 0. The van der Waals surface area contributed by atoms with Crippen LogP contribution in [0.25, 0.3) is 0 Å². The maximum atomic E-state index is 8.58. The highest BCUT2D eigenvalue weighted by Crippen LogP contribution is 1.98. The lowest BCUT2D eigenvalue weighted by molar-refractivity contribution is -0.106. The van der Waals surface area contributed by atoms with Crippen molar-refractivity contribution in [2.45, 2.75) is 34.1 Å². The van der Waals surface area contributed by atoms with E-state index in [0.29, 0.717) is 0 Å². The van der Waals surface area contributed by atoms with Crippen LogP contribution in [-0.4, -0.2) is 31.4 Å². The van der Waals surface area contributed by atoms with Crippen molar-refractivity contribution in [3.63, 3.8) is 0 Å². The monoisotopic (exact) mass is 176 g/mol. The second kappa shape index (κ2) is 22.4. The minimum atomic E-state index is 0.250. The van der Waals surface area contributed by atoms with Gasteiger partial charge in [0.15, 0.2) is 0 Å². The molecule has 1 aliphatic heterocycles. The normalized spacial score (nSPS) is 12.8. The van der Waals surface area contributed by atoms with E-state index in [1.807, 2.05) is 27.7 Å². The van der Waals surface area contributed by atoms with Gasteiger partial charge in [0.25, 0.3) is 0 Å². The van der Waals surface area contributed by atoms with Gasteiger partial charge in [-0.05, 0) is 26.6 Å². The van der Waals surface area contributed by atoms with Gasteiger partial charge in [0.1, 0.15) is 0 Å². The number of nitrogens with two attached hydrogens (primary N) is 1. The summed E-state index contributed by atoms with van der Waals surface area (Å²) in [5, 5.41) is 0. The highest BCUT2D eigenvalue weighted by molar-refractivity contribution is 5.42. The predicted molar refractivity (Wildman–Crippen MR) is 55.1 cm³/mol. The summed E-state index contributed by atoms with van der Waals surface area (Å²) in [6.07, 6.45) is 1.66. The van der Waals surface area contributed by atoms with E-state index in [1.54, 1.807) is 0 Å². The van der Waals surface area contributed by atoms with E-state index in [1.165, 1.54) is 19.5 Å². The number of hydrogen-bond acceptors (Lipinski definition) is 2. The van der Waals surface area contributed by atoms with E-state index < -0.39 is 0 Å². The van der Waals surface area contributed by atoms with E-state index in [0.717, 1.165) is 0 Å². The van der Waals surface area contributed by atoms with Gasteiger partial charge in [-0.2, -0.15) is 0 Å². The molecule has 1 rings (SSSR count). The lowest BCUT2D eigenvalue weighted by Gasteiger charge is -2.24. The Kier molecular flexibility index (Phi) is 32.7. The van der Waals surface area contributed by atoms with Crippen LogP contribution in [0.2, 0.25) is 0 Å². The Hall–Kier alpha value is -0.570. The molecule has 3 nitrogen and oxygen atoms in total. The summed E-state index contributed by atoms with van der Waals surface area (Å²) in [6, 6.07) is 0. The first kappa shape index (κ1) is 17.5. The SMILES string of the molecule is CC.CC.CN1CCC1.NC=O. The van der Waals surface area contributed by atoms with E-state index in [9.17, 15) is 0 Å². The quantitative estimate of drug-likeness (QED) is 0.568. The zero-order valence-electron chi connectivity index (χ0n) is 9.13. The number of hydrogen-bond donors (Lipinski definition) is 1. The number of primary amides is 1. The molecule has 0 aliphatic carbocycles. The molecule has 0 aromatic carbocycles. The first-order chi connectivity index (χ1) is 5.81. The van der Waals surface area contributed by atoms with Crippen molar-refractivity contribution in [2.75, 3.05) is 20.1 Å². The van der Waals surface area contributed by atoms with Crippen molar-refractivity contribution in [1.29, 1.82) is 0 Å². The molecule has 76 valence electrons. The van der Waals surface area contributed by atoms with Crippen LogP contribution < -0.4 is 5.73 Å². The molecule has 0 spiro atoms. The fourth-order valence-electron chi connectivity index (χ4n) is 0.474. The molecule has 0 bridgehead atoms. The summed E-state index contributed by atoms with van der Waals surface area (Å²) in [5.74, 6) is 0. The zero-order chi connectivity index (χ0) is 10.4. The van der Waals surface area contributed by atoms with Crippen LogP contribution in [0.15, 0.2) is 0 Å². The summed E-state index contributed by atoms with van der Waals surface area (Å²) in [5.41, 5.74) is 4.17. The molecule has 0 aromatic rings. The lowest BCUT2D eigenvalue weighted by atomic mass is 10.3. The molecule has 3 heteroatoms. The van der Waals surface area contributed by atoms with Crippen LogP contribution in [-0.2, 0) is 4.79 Å². The van der Waals surface area contributed by atoms with Gasteiger partial charge in [-0.15, -0.1) is 0 Å². The van der Waals surface area contributed by atoms with Crippen LogP contribution >= 0.6 is 0 Å². The topological polar surface area (TPSA) is 46.3 Å². The maximum absolute atomic E-state index is 8.58. The predicted octanol–water partition coefficient (Wildman–Crippen LogP) is 1.48. The third-order valence-corrected chi connectivity index (χ3v) is 1.08. The van der Waals surface area contributed by atoms with E-state index >= 15 is 0 Å². The van der Waals surface area contributed by atoms with Crippen LogP contribution in [0.5, 0.6) is 0 Å². The molecule has 0 unspecified atom stereocenters. The fraction of sp³-hybridized carbons (Fsp3) is 0.889. The average Bonchev–Trinajstić information content (AvgIpc) is 2.10. The highest BCUT2D eigenvalue weighted by Gasteiger charge is 2.04. The van der Waals surface area contributed by atoms with Crippen molar-refractivity contribution >= 4 is 6.41 Å². The van der Waals surface area contributed by atoms with Gasteiger partial charge in [0, 0.05) is 0 Å². The van der Waals surface area contributed by atoms with Crippen molar-refractivity contribution in [3.8, 4) is 0 Å². The molecule has 1 aliphatic rings. The van der Waals surface area contributed by atoms with Crippen molar-refractivity contribution in [2.24, 2.45) is 5.73 Å². The summed E-state index contributed by atoms with van der Waals surface area (Å²) in [7, 11) is 2.14. The largest absolute Gasteiger partial charge is 0.372 e. The molecule has 0 radical (unpaired) electrons. The number of likely N-dealkylation sites (tertiary alicyclic amines) is 1. The van der Waals surface area contributed by atoms with Crippen molar-refractivity contribution < 1.29 is 4.79 Å². The van der Waals surface area contributed by atoms with Crippen LogP contribution in [0.4, 0.5) is 0 Å². The molecule has 0 saturated carbocycles.